The molecular formula is C21H23N3O4. The monoisotopic (exact) mass is 381 g/mol. The molecule has 0 fully saturated rings. The number of aromatic nitrogens is 2. The van der Waals surface area contributed by atoms with Gasteiger partial charge in [-0.3, -0.25) is 14.3 Å². The Bertz CT molecular complexity index is 1120. The lowest BCUT2D eigenvalue weighted by Crippen LogP contribution is -2.43. The second-order valence-corrected chi connectivity index (χ2v) is 7.17. The van der Waals surface area contributed by atoms with E-state index in [2.05, 4.69) is 22.0 Å². The van der Waals surface area contributed by atoms with E-state index < -0.39 is 17.4 Å². The number of nitrogens with zero attached hydrogens (tertiary/aromatic N) is 2. The number of rotatable bonds is 5. The molecule has 0 saturated heterocycles. The van der Waals surface area contributed by atoms with Gasteiger partial charge in [0.1, 0.15) is 5.75 Å². The molecule has 7 nitrogen and oxygen atoms in total. The average molecular weight is 381 g/mol. The fourth-order valence-corrected chi connectivity index (χ4v) is 3.80. The van der Waals surface area contributed by atoms with E-state index in [1.54, 1.807) is 18.2 Å². The summed E-state index contributed by atoms with van der Waals surface area (Å²) in [6.07, 6.45) is 0.112. The first-order valence-corrected chi connectivity index (χ1v) is 9.33. The normalized spacial score (nSPS) is 15.4. The zero-order chi connectivity index (χ0) is 19.7. The molecule has 0 aliphatic carbocycles. The van der Waals surface area contributed by atoms with Crippen LogP contribution in [-0.2, 0) is 19.5 Å². The van der Waals surface area contributed by atoms with Crippen LogP contribution in [0, 0.1) is 0 Å². The van der Waals surface area contributed by atoms with Gasteiger partial charge in [-0.2, -0.15) is 0 Å². The number of hydrogen-bond acceptors (Lipinski definition) is 5. The number of methoxy groups -OCH3 is 1. The molecule has 0 saturated carbocycles. The molecule has 28 heavy (non-hydrogen) atoms. The van der Waals surface area contributed by atoms with Crippen molar-refractivity contribution in [2.75, 3.05) is 20.2 Å². The summed E-state index contributed by atoms with van der Waals surface area (Å²) in [5.74, 6) is 0.561. The van der Waals surface area contributed by atoms with E-state index in [1.165, 1.54) is 18.2 Å². The van der Waals surface area contributed by atoms with Crippen molar-refractivity contribution in [1.29, 1.82) is 0 Å². The summed E-state index contributed by atoms with van der Waals surface area (Å²) in [6.45, 7) is 1.96. The van der Waals surface area contributed by atoms with Crippen molar-refractivity contribution in [1.82, 2.24) is 14.5 Å². The summed E-state index contributed by atoms with van der Waals surface area (Å²) in [4.78, 5) is 30.0. The quantitative estimate of drug-likeness (QED) is 0.692. The molecule has 2 heterocycles. The highest BCUT2D eigenvalue weighted by atomic mass is 16.5. The predicted molar refractivity (Wildman–Crippen MR) is 107 cm³/mol. The lowest BCUT2D eigenvalue weighted by molar-refractivity contribution is 0.0900. The topological polar surface area (TPSA) is 87.6 Å². The van der Waals surface area contributed by atoms with Crippen LogP contribution in [0.15, 0.2) is 52.1 Å². The average Bonchev–Trinajstić information content (AvgIpc) is 2.70. The van der Waals surface area contributed by atoms with Gasteiger partial charge in [0.25, 0.3) is 5.56 Å². The second kappa shape index (κ2) is 7.61. The Balaban J connectivity index is 1.52. The number of benzene rings is 2. The third kappa shape index (κ3) is 3.58. The van der Waals surface area contributed by atoms with Gasteiger partial charge >= 0.3 is 5.69 Å². The van der Waals surface area contributed by atoms with Gasteiger partial charge in [0.2, 0.25) is 0 Å². The molecular weight excluding hydrogens is 358 g/mol. The van der Waals surface area contributed by atoms with Crippen molar-refractivity contribution in [2.24, 2.45) is 0 Å². The first-order chi connectivity index (χ1) is 13.5. The maximum absolute atomic E-state index is 12.7. The Morgan fingerprint density at radius 1 is 1.14 bits per heavy atom. The molecule has 3 aromatic rings. The Morgan fingerprint density at radius 2 is 1.93 bits per heavy atom. The van der Waals surface area contributed by atoms with Crippen LogP contribution in [-0.4, -0.2) is 45.9 Å². The van der Waals surface area contributed by atoms with E-state index in [-0.39, 0.29) is 6.54 Å². The minimum atomic E-state index is -0.820. The maximum atomic E-state index is 12.7. The molecule has 1 atom stereocenters. The fraction of sp³-hybridized carbons (Fsp3) is 0.333. The molecule has 0 spiro atoms. The Morgan fingerprint density at radius 3 is 2.71 bits per heavy atom. The molecule has 1 aromatic heterocycles. The Labute approximate surface area is 161 Å². The van der Waals surface area contributed by atoms with Crippen molar-refractivity contribution in [3.63, 3.8) is 0 Å². The third-order valence-electron chi connectivity index (χ3n) is 5.26. The zero-order valence-corrected chi connectivity index (χ0v) is 15.7. The van der Waals surface area contributed by atoms with Crippen LogP contribution < -0.4 is 16.0 Å². The molecule has 0 unspecified atom stereocenters. The fourth-order valence-electron chi connectivity index (χ4n) is 3.80. The van der Waals surface area contributed by atoms with E-state index in [0.29, 0.717) is 23.2 Å². The standard InChI is InChI=1S/C21H23N3O4/c1-28-17-6-7-18-19(10-17)22-21(27)24(20(18)26)13-16(25)12-23-9-8-14-4-2-3-5-15(14)11-23/h2-7,10,16,25H,8-9,11-13H2,1H3,(H,22,27)/t16-/m1/s1. The first-order valence-electron chi connectivity index (χ1n) is 9.33. The summed E-state index contributed by atoms with van der Waals surface area (Å²) in [7, 11) is 1.52. The molecule has 1 aliphatic heterocycles. The number of ether oxygens (including phenoxy) is 1. The Kier molecular flexibility index (Phi) is 5.02. The van der Waals surface area contributed by atoms with Crippen LogP contribution in [0.5, 0.6) is 5.75 Å². The highest BCUT2D eigenvalue weighted by Crippen LogP contribution is 2.19. The van der Waals surface area contributed by atoms with Gasteiger partial charge in [0, 0.05) is 25.7 Å². The largest absolute Gasteiger partial charge is 0.497 e. The van der Waals surface area contributed by atoms with Gasteiger partial charge in [0.15, 0.2) is 0 Å². The van der Waals surface area contributed by atoms with E-state index in [0.717, 1.165) is 24.1 Å². The highest BCUT2D eigenvalue weighted by Gasteiger charge is 2.20. The molecule has 4 rings (SSSR count). The number of aliphatic hydroxyl groups is 1. The highest BCUT2D eigenvalue weighted by molar-refractivity contribution is 5.78. The molecule has 0 amide bonds. The lowest BCUT2D eigenvalue weighted by Gasteiger charge is -2.30. The number of nitrogens with one attached hydrogen (secondary N) is 1. The summed E-state index contributed by atoms with van der Waals surface area (Å²) >= 11 is 0. The summed E-state index contributed by atoms with van der Waals surface area (Å²) in [5, 5.41) is 10.9. The summed E-state index contributed by atoms with van der Waals surface area (Å²) in [5.41, 5.74) is 2.08. The van der Waals surface area contributed by atoms with Crippen LogP contribution in [0.2, 0.25) is 0 Å². The molecule has 2 aromatic carbocycles. The van der Waals surface area contributed by atoms with Gasteiger partial charge in [-0.1, -0.05) is 24.3 Å². The van der Waals surface area contributed by atoms with Crippen molar-refractivity contribution in [2.45, 2.75) is 25.6 Å². The number of H-pyrrole nitrogens is 1. The van der Waals surface area contributed by atoms with Crippen LogP contribution in [0.4, 0.5) is 0 Å². The predicted octanol–water partition coefficient (Wildman–Crippen LogP) is 1.12. The molecule has 0 radical (unpaired) electrons. The molecule has 7 heteroatoms. The van der Waals surface area contributed by atoms with Crippen LogP contribution in [0.25, 0.3) is 10.9 Å². The molecule has 146 valence electrons. The van der Waals surface area contributed by atoms with E-state index >= 15 is 0 Å². The number of β-amino-alcohol motifs (C(OH)–C–C–N with tert-alkyl or cyclic N) is 1. The van der Waals surface area contributed by atoms with Gasteiger partial charge in [0.05, 0.1) is 30.7 Å². The molecule has 1 aliphatic rings. The van der Waals surface area contributed by atoms with Crippen LogP contribution in [0.3, 0.4) is 0 Å². The second-order valence-electron chi connectivity index (χ2n) is 7.17. The van der Waals surface area contributed by atoms with Crippen molar-refractivity contribution < 1.29 is 9.84 Å². The van der Waals surface area contributed by atoms with Gasteiger partial charge in [-0.25, -0.2) is 4.79 Å². The number of hydrogen-bond donors (Lipinski definition) is 2. The number of aliphatic hydroxyl groups excluding tert-OH is 1. The van der Waals surface area contributed by atoms with E-state index in [1.807, 2.05) is 12.1 Å². The van der Waals surface area contributed by atoms with Crippen LogP contribution in [0.1, 0.15) is 11.1 Å². The molecule has 0 bridgehead atoms. The maximum Gasteiger partial charge on any atom is 0.328 e. The lowest BCUT2D eigenvalue weighted by atomic mass is 10.00. The minimum Gasteiger partial charge on any atom is -0.497 e. The molecule has 2 N–H and O–H groups in total. The van der Waals surface area contributed by atoms with Gasteiger partial charge in [-0.05, 0) is 29.7 Å². The number of aromatic amines is 1. The first kappa shape index (κ1) is 18.5. The third-order valence-corrected chi connectivity index (χ3v) is 5.26. The number of fused-ring (bicyclic) bond motifs is 2. The summed E-state index contributed by atoms with van der Waals surface area (Å²) < 4.78 is 6.20. The van der Waals surface area contributed by atoms with Gasteiger partial charge in [-0.15, -0.1) is 0 Å². The van der Waals surface area contributed by atoms with Crippen molar-refractivity contribution >= 4 is 10.9 Å². The van der Waals surface area contributed by atoms with Crippen molar-refractivity contribution in [3.8, 4) is 5.75 Å². The zero-order valence-electron chi connectivity index (χ0n) is 15.7. The van der Waals surface area contributed by atoms with Crippen molar-refractivity contribution in [3.05, 3.63) is 74.4 Å². The van der Waals surface area contributed by atoms with E-state index in [4.69, 9.17) is 4.74 Å². The Hall–Kier alpha value is -2.90. The van der Waals surface area contributed by atoms with Gasteiger partial charge < -0.3 is 14.8 Å². The minimum absolute atomic E-state index is 0.0473. The van der Waals surface area contributed by atoms with Crippen LogP contribution >= 0.6 is 0 Å². The SMILES string of the molecule is COc1ccc2c(=O)n(C[C@H](O)CN3CCc4ccccc4C3)c(=O)[nH]c2c1. The smallest absolute Gasteiger partial charge is 0.328 e. The van der Waals surface area contributed by atoms with E-state index in [9.17, 15) is 14.7 Å². The summed E-state index contributed by atoms with van der Waals surface area (Å²) in [6, 6.07) is 13.2.